The molecule has 2 aromatic carbocycles. The number of rotatable bonds is 12. The van der Waals surface area contributed by atoms with Crippen molar-refractivity contribution in [3.63, 3.8) is 0 Å². The second kappa shape index (κ2) is 14.3. The number of amides is 2. The van der Waals surface area contributed by atoms with Crippen LogP contribution in [0.4, 0.5) is 0 Å². The van der Waals surface area contributed by atoms with E-state index in [0.717, 1.165) is 0 Å². The normalized spacial score (nSPS) is 11.8. The average Bonchev–Trinajstić information content (AvgIpc) is 2.83. The van der Waals surface area contributed by atoms with Gasteiger partial charge in [-0.05, 0) is 61.7 Å². The lowest BCUT2D eigenvalue weighted by Crippen LogP contribution is -2.48. The van der Waals surface area contributed by atoms with Gasteiger partial charge in [0.15, 0.2) is 18.1 Å². The van der Waals surface area contributed by atoms with Gasteiger partial charge in [-0.1, -0.05) is 37.0 Å². The predicted octanol–water partition coefficient (Wildman–Crippen LogP) is 4.24. The molecule has 0 saturated heterocycles. The zero-order chi connectivity index (χ0) is 26.7. The Kier molecular flexibility index (Phi) is 11.5. The number of benzene rings is 2. The van der Waals surface area contributed by atoms with Crippen LogP contribution < -0.4 is 20.2 Å². The van der Waals surface area contributed by atoms with Gasteiger partial charge in [-0.15, -0.1) is 0 Å². The molecule has 2 aromatic rings. The summed E-state index contributed by atoms with van der Waals surface area (Å²) in [6.07, 6.45) is 1.42. The molecular weight excluding hydrogens is 509 g/mol. The second-order valence-corrected chi connectivity index (χ2v) is 8.61. The molecule has 0 aromatic heterocycles. The van der Waals surface area contributed by atoms with Gasteiger partial charge in [0.05, 0.1) is 29.5 Å². The van der Waals surface area contributed by atoms with Crippen LogP contribution in [0.2, 0.25) is 10.0 Å². The third kappa shape index (κ3) is 8.73. The molecular formula is C25H29Cl2N3O6. The van der Waals surface area contributed by atoms with Crippen molar-refractivity contribution in [1.29, 1.82) is 0 Å². The largest absolute Gasteiger partial charge is 0.490 e. The van der Waals surface area contributed by atoms with E-state index in [1.165, 1.54) is 24.4 Å². The number of carbonyl (C=O) groups is 3. The first-order valence-corrected chi connectivity index (χ1v) is 12.1. The number of esters is 1. The lowest BCUT2D eigenvalue weighted by molar-refractivity contribution is -0.145. The highest BCUT2D eigenvalue weighted by Gasteiger charge is 2.24. The maximum absolute atomic E-state index is 12.7. The zero-order valence-corrected chi connectivity index (χ0v) is 22.0. The molecule has 0 fully saturated rings. The Morgan fingerprint density at radius 1 is 0.972 bits per heavy atom. The van der Waals surface area contributed by atoms with Crippen LogP contribution in [-0.4, -0.2) is 49.9 Å². The van der Waals surface area contributed by atoms with Crippen molar-refractivity contribution in [2.75, 3.05) is 19.8 Å². The van der Waals surface area contributed by atoms with Crippen molar-refractivity contribution in [3.05, 3.63) is 57.6 Å². The summed E-state index contributed by atoms with van der Waals surface area (Å²) in [5, 5.41) is 7.25. The highest BCUT2D eigenvalue weighted by molar-refractivity contribution is 6.42. The molecule has 2 amide bonds. The highest BCUT2D eigenvalue weighted by Crippen LogP contribution is 2.28. The number of halogens is 2. The molecule has 2 rings (SSSR count). The van der Waals surface area contributed by atoms with E-state index >= 15 is 0 Å². The van der Waals surface area contributed by atoms with Crippen molar-refractivity contribution >= 4 is 47.2 Å². The minimum absolute atomic E-state index is 0.215. The van der Waals surface area contributed by atoms with Crippen LogP contribution in [0.5, 0.6) is 11.5 Å². The number of carbonyl (C=O) groups excluding carboxylic acids is 3. The Hall–Kier alpha value is -3.30. The molecule has 0 aliphatic rings. The minimum atomic E-state index is -0.846. The standard InChI is InChI=1S/C25H29Cl2N3O6/c1-5-34-21-11-16(7-10-20(21)36-14-22(31)35-6-2)13-28-30-25(33)23(15(3)4)29-24(32)17-8-9-18(26)19(27)12-17/h7-13,15,23H,5-6,14H2,1-4H3,(H,29,32)(H,30,33)/b28-13+. The molecule has 0 heterocycles. The Balaban J connectivity index is 2.05. The Labute approximate surface area is 220 Å². The van der Waals surface area contributed by atoms with Gasteiger partial charge >= 0.3 is 5.97 Å². The molecule has 0 aliphatic carbocycles. The summed E-state index contributed by atoms with van der Waals surface area (Å²) in [7, 11) is 0. The number of hydrazone groups is 1. The molecule has 0 aliphatic heterocycles. The fraction of sp³-hybridized carbons (Fsp3) is 0.360. The van der Waals surface area contributed by atoms with Gasteiger partial charge < -0.3 is 19.5 Å². The highest BCUT2D eigenvalue weighted by atomic mass is 35.5. The molecule has 9 nitrogen and oxygen atoms in total. The van der Waals surface area contributed by atoms with Crippen LogP contribution in [0, 0.1) is 5.92 Å². The first-order valence-electron chi connectivity index (χ1n) is 11.3. The van der Waals surface area contributed by atoms with Crippen molar-refractivity contribution in [2.45, 2.75) is 33.7 Å². The van der Waals surface area contributed by atoms with Crippen molar-refractivity contribution in [1.82, 2.24) is 10.7 Å². The smallest absolute Gasteiger partial charge is 0.344 e. The van der Waals surface area contributed by atoms with Gasteiger partial charge in [0.1, 0.15) is 6.04 Å². The summed E-state index contributed by atoms with van der Waals surface area (Å²) < 4.78 is 15.9. The molecule has 11 heteroatoms. The summed E-state index contributed by atoms with van der Waals surface area (Å²) in [5.74, 6) is -0.881. The maximum Gasteiger partial charge on any atom is 0.344 e. The third-order valence-corrected chi connectivity index (χ3v) is 5.46. The van der Waals surface area contributed by atoms with Gasteiger partial charge in [-0.25, -0.2) is 10.2 Å². The van der Waals surface area contributed by atoms with E-state index in [4.69, 9.17) is 37.4 Å². The summed E-state index contributed by atoms with van der Waals surface area (Å²) in [5.41, 5.74) is 3.34. The predicted molar refractivity (Wildman–Crippen MR) is 138 cm³/mol. The Morgan fingerprint density at radius 3 is 2.36 bits per heavy atom. The molecule has 0 saturated carbocycles. The molecule has 194 valence electrons. The van der Waals surface area contributed by atoms with Gasteiger partial charge in [0.25, 0.3) is 11.8 Å². The first-order chi connectivity index (χ1) is 17.2. The van der Waals surface area contributed by atoms with Gasteiger partial charge in [-0.2, -0.15) is 5.10 Å². The quantitative estimate of drug-likeness (QED) is 0.237. The fourth-order valence-electron chi connectivity index (χ4n) is 2.97. The van der Waals surface area contributed by atoms with E-state index in [1.807, 2.05) is 6.92 Å². The summed E-state index contributed by atoms with van der Waals surface area (Å²) in [6, 6.07) is 8.59. The van der Waals surface area contributed by atoms with Crippen LogP contribution in [0.15, 0.2) is 41.5 Å². The molecule has 2 N–H and O–H groups in total. The number of hydrogen-bond donors (Lipinski definition) is 2. The lowest BCUT2D eigenvalue weighted by atomic mass is 10.0. The van der Waals surface area contributed by atoms with E-state index < -0.39 is 23.8 Å². The van der Waals surface area contributed by atoms with Crippen molar-refractivity contribution < 1.29 is 28.6 Å². The summed E-state index contributed by atoms with van der Waals surface area (Å²) >= 11 is 11.9. The van der Waals surface area contributed by atoms with Gasteiger partial charge in [0.2, 0.25) is 0 Å². The van der Waals surface area contributed by atoms with E-state index in [0.29, 0.717) is 28.7 Å². The van der Waals surface area contributed by atoms with E-state index in [9.17, 15) is 14.4 Å². The van der Waals surface area contributed by atoms with Crippen LogP contribution in [0.3, 0.4) is 0 Å². The topological polar surface area (TPSA) is 115 Å². The monoisotopic (exact) mass is 537 g/mol. The second-order valence-electron chi connectivity index (χ2n) is 7.79. The number of hydrogen-bond acceptors (Lipinski definition) is 7. The average molecular weight is 538 g/mol. The van der Waals surface area contributed by atoms with E-state index in [1.54, 1.807) is 39.0 Å². The SMILES string of the molecule is CCOC(=O)COc1ccc(/C=N/NC(=O)C(NC(=O)c2ccc(Cl)c(Cl)c2)C(C)C)cc1OCC. The summed E-state index contributed by atoms with van der Waals surface area (Å²) in [4.78, 5) is 36.9. The van der Waals surface area contributed by atoms with Gasteiger partial charge in [-0.3, -0.25) is 9.59 Å². The molecule has 1 unspecified atom stereocenters. The molecule has 0 spiro atoms. The molecule has 1 atom stereocenters. The molecule has 0 bridgehead atoms. The van der Waals surface area contributed by atoms with Gasteiger partial charge in [0, 0.05) is 5.56 Å². The van der Waals surface area contributed by atoms with Crippen LogP contribution in [0.1, 0.15) is 43.6 Å². The van der Waals surface area contributed by atoms with Crippen molar-refractivity contribution in [2.24, 2.45) is 11.0 Å². The Morgan fingerprint density at radius 2 is 1.72 bits per heavy atom. The summed E-state index contributed by atoms with van der Waals surface area (Å²) in [6.45, 7) is 7.51. The minimum Gasteiger partial charge on any atom is -0.490 e. The number of nitrogens with zero attached hydrogens (tertiary/aromatic N) is 1. The first kappa shape index (κ1) is 28.9. The van der Waals surface area contributed by atoms with Crippen LogP contribution in [-0.2, 0) is 14.3 Å². The molecule has 0 radical (unpaired) electrons. The maximum atomic E-state index is 12.7. The van der Waals surface area contributed by atoms with Crippen LogP contribution >= 0.6 is 23.2 Å². The Bertz CT molecular complexity index is 1110. The molecule has 36 heavy (non-hydrogen) atoms. The number of nitrogens with one attached hydrogen (secondary N) is 2. The van der Waals surface area contributed by atoms with Crippen LogP contribution in [0.25, 0.3) is 0 Å². The van der Waals surface area contributed by atoms with E-state index in [2.05, 4.69) is 15.8 Å². The third-order valence-electron chi connectivity index (χ3n) is 4.72. The van der Waals surface area contributed by atoms with E-state index in [-0.39, 0.29) is 29.7 Å². The van der Waals surface area contributed by atoms with Crippen molar-refractivity contribution in [3.8, 4) is 11.5 Å². The zero-order valence-electron chi connectivity index (χ0n) is 20.5. The fourth-order valence-corrected chi connectivity index (χ4v) is 3.27. The lowest BCUT2D eigenvalue weighted by Gasteiger charge is -2.20. The number of ether oxygens (including phenoxy) is 3.